The zero-order chi connectivity index (χ0) is 11.8. The van der Waals surface area contributed by atoms with E-state index in [2.05, 4.69) is 11.1 Å². The molecule has 0 fully saturated rings. The Morgan fingerprint density at radius 1 is 0.882 bits per heavy atom. The van der Waals surface area contributed by atoms with Crippen LogP contribution in [0.2, 0.25) is 10.0 Å². The molecule has 0 aliphatic heterocycles. The molecule has 0 radical (unpaired) electrons. The van der Waals surface area contributed by atoms with Gasteiger partial charge in [0.2, 0.25) is 0 Å². The summed E-state index contributed by atoms with van der Waals surface area (Å²) in [5, 5.41) is 2.60. The molecule has 17 heavy (non-hydrogen) atoms. The van der Waals surface area contributed by atoms with Crippen molar-refractivity contribution in [3.05, 3.63) is 58.6 Å². The fourth-order valence-electron chi connectivity index (χ4n) is 1.92. The van der Waals surface area contributed by atoms with Crippen molar-refractivity contribution in [1.29, 1.82) is 0 Å². The maximum absolute atomic E-state index is 6.17. The van der Waals surface area contributed by atoms with Crippen LogP contribution in [0.25, 0.3) is 22.2 Å². The second-order valence-corrected chi connectivity index (χ2v) is 4.74. The van der Waals surface area contributed by atoms with E-state index in [9.17, 15) is 0 Å². The summed E-state index contributed by atoms with van der Waals surface area (Å²) in [4.78, 5) is 3.32. The second kappa shape index (κ2) is 4.10. The van der Waals surface area contributed by atoms with E-state index in [0.717, 1.165) is 32.2 Å². The lowest BCUT2D eigenvalue weighted by Crippen LogP contribution is -1.77. The Hall–Kier alpha value is -1.44. The van der Waals surface area contributed by atoms with E-state index in [4.69, 9.17) is 23.2 Å². The van der Waals surface area contributed by atoms with Gasteiger partial charge in [-0.3, -0.25) is 0 Å². The molecule has 0 amide bonds. The molecule has 0 unspecified atom stereocenters. The molecule has 0 saturated heterocycles. The SMILES string of the molecule is Clc1ccc2cc(-c3ccccc3Cl)[nH]c2c1. The van der Waals surface area contributed by atoms with Gasteiger partial charge in [-0.15, -0.1) is 0 Å². The minimum Gasteiger partial charge on any atom is -0.354 e. The van der Waals surface area contributed by atoms with Gasteiger partial charge in [0, 0.05) is 32.2 Å². The normalized spacial score (nSPS) is 10.9. The number of benzene rings is 2. The molecule has 0 aliphatic carbocycles. The molecule has 3 aromatic rings. The van der Waals surface area contributed by atoms with Gasteiger partial charge < -0.3 is 4.98 Å². The standard InChI is InChI=1S/C14H9Cl2N/c15-10-6-5-9-7-14(17-13(9)8-10)11-3-1-2-4-12(11)16/h1-8,17H. The third kappa shape index (κ3) is 1.92. The summed E-state index contributed by atoms with van der Waals surface area (Å²) in [5.41, 5.74) is 3.03. The lowest BCUT2D eigenvalue weighted by atomic mass is 10.1. The van der Waals surface area contributed by atoms with Gasteiger partial charge in [-0.1, -0.05) is 47.5 Å². The van der Waals surface area contributed by atoms with Gasteiger partial charge >= 0.3 is 0 Å². The largest absolute Gasteiger partial charge is 0.354 e. The van der Waals surface area contributed by atoms with Crippen LogP contribution in [0.15, 0.2) is 48.5 Å². The number of aromatic amines is 1. The van der Waals surface area contributed by atoms with E-state index in [1.165, 1.54) is 0 Å². The summed E-state index contributed by atoms with van der Waals surface area (Å²) in [7, 11) is 0. The van der Waals surface area contributed by atoms with Crippen molar-refractivity contribution < 1.29 is 0 Å². The molecule has 0 atom stereocenters. The molecule has 2 aromatic carbocycles. The highest BCUT2D eigenvalue weighted by atomic mass is 35.5. The lowest BCUT2D eigenvalue weighted by Gasteiger charge is -1.99. The number of fused-ring (bicyclic) bond motifs is 1. The Kier molecular flexibility index (Phi) is 2.58. The number of H-pyrrole nitrogens is 1. The molecule has 84 valence electrons. The van der Waals surface area contributed by atoms with Crippen molar-refractivity contribution in [3.8, 4) is 11.3 Å². The van der Waals surface area contributed by atoms with Crippen LogP contribution < -0.4 is 0 Å². The second-order valence-electron chi connectivity index (χ2n) is 3.89. The Balaban J connectivity index is 2.22. The first-order valence-electron chi connectivity index (χ1n) is 5.27. The maximum Gasteiger partial charge on any atom is 0.0499 e. The average molecular weight is 262 g/mol. The summed E-state index contributed by atoms with van der Waals surface area (Å²) in [6.45, 7) is 0. The third-order valence-electron chi connectivity index (χ3n) is 2.75. The summed E-state index contributed by atoms with van der Waals surface area (Å²) < 4.78 is 0. The van der Waals surface area contributed by atoms with Gasteiger partial charge in [0.25, 0.3) is 0 Å². The molecular weight excluding hydrogens is 253 g/mol. The van der Waals surface area contributed by atoms with Gasteiger partial charge in [-0.2, -0.15) is 0 Å². The maximum atomic E-state index is 6.17. The molecule has 1 nitrogen and oxygen atoms in total. The van der Waals surface area contributed by atoms with Crippen LogP contribution in [0.5, 0.6) is 0 Å². The number of aromatic nitrogens is 1. The van der Waals surface area contributed by atoms with Crippen LogP contribution in [-0.2, 0) is 0 Å². The summed E-state index contributed by atoms with van der Waals surface area (Å²) in [5.74, 6) is 0. The Morgan fingerprint density at radius 2 is 1.71 bits per heavy atom. The van der Waals surface area contributed by atoms with Crippen molar-refractivity contribution in [2.75, 3.05) is 0 Å². The number of hydrogen-bond donors (Lipinski definition) is 1. The average Bonchev–Trinajstić information content (AvgIpc) is 2.72. The highest BCUT2D eigenvalue weighted by Gasteiger charge is 2.06. The van der Waals surface area contributed by atoms with Gasteiger partial charge in [0.1, 0.15) is 0 Å². The van der Waals surface area contributed by atoms with E-state index < -0.39 is 0 Å². The number of rotatable bonds is 1. The van der Waals surface area contributed by atoms with Gasteiger partial charge in [0.15, 0.2) is 0 Å². The van der Waals surface area contributed by atoms with E-state index in [1.54, 1.807) is 0 Å². The topological polar surface area (TPSA) is 15.8 Å². The first-order chi connectivity index (χ1) is 8.24. The number of nitrogens with one attached hydrogen (secondary N) is 1. The van der Waals surface area contributed by atoms with Crippen molar-refractivity contribution in [3.63, 3.8) is 0 Å². The number of hydrogen-bond acceptors (Lipinski definition) is 0. The molecule has 0 spiro atoms. The van der Waals surface area contributed by atoms with Crippen LogP contribution in [0.4, 0.5) is 0 Å². The highest BCUT2D eigenvalue weighted by molar-refractivity contribution is 6.33. The fourth-order valence-corrected chi connectivity index (χ4v) is 2.33. The first kappa shape index (κ1) is 10.7. The molecule has 0 bridgehead atoms. The van der Waals surface area contributed by atoms with Gasteiger partial charge in [-0.25, -0.2) is 0 Å². The van der Waals surface area contributed by atoms with Crippen LogP contribution in [0, 0.1) is 0 Å². The van der Waals surface area contributed by atoms with Crippen molar-refractivity contribution in [2.45, 2.75) is 0 Å². The smallest absolute Gasteiger partial charge is 0.0499 e. The molecule has 1 aromatic heterocycles. The fraction of sp³-hybridized carbons (Fsp3) is 0. The lowest BCUT2D eigenvalue weighted by molar-refractivity contribution is 1.45. The predicted molar refractivity (Wildman–Crippen MR) is 73.8 cm³/mol. The van der Waals surface area contributed by atoms with Gasteiger partial charge in [0.05, 0.1) is 0 Å². The van der Waals surface area contributed by atoms with Crippen LogP contribution in [0.3, 0.4) is 0 Å². The van der Waals surface area contributed by atoms with Crippen LogP contribution in [-0.4, -0.2) is 4.98 Å². The van der Waals surface area contributed by atoms with E-state index >= 15 is 0 Å². The van der Waals surface area contributed by atoms with Crippen LogP contribution in [0.1, 0.15) is 0 Å². The van der Waals surface area contributed by atoms with E-state index in [0.29, 0.717) is 0 Å². The van der Waals surface area contributed by atoms with Gasteiger partial charge in [-0.05, 0) is 24.3 Å². The molecule has 0 saturated carbocycles. The molecule has 0 aliphatic rings. The zero-order valence-corrected chi connectivity index (χ0v) is 10.4. The minimum atomic E-state index is 0.727. The molecule has 3 rings (SSSR count). The Labute approximate surface area is 109 Å². The molecule has 1 heterocycles. The van der Waals surface area contributed by atoms with Crippen molar-refractivity contribution >= 4 is 34.1 Å². The van der Waals surface area contributed by atoms with Crippen molar-refractivity contribution in [2.24, 2.45) is 0 Å². The van der Waals surface area contributed by atoms with Crippen LogP contribution >= 0.6 is 23.2 Å². The third-order valence-corrected chi connectivity index (χ3v) is 3.31. The Morgan fingerprint density at radius 3 is 2.53 bits per heavy atom. The summed E-state index contributed by atoms with van der Waals surface area (Å²) >= 11 is 12.1. The predicted octanol–water partition coefficient (Wildman–Crippen LogP) is 5.14. The number of halogens is 2. The Bertz CT molecular complexity index is 686. The van der Waals surface area contributed by atoms with Crippen molar-refractivity contribution in [1.82, 2.24) is 4.98 Å². The zero-order valence-electron chi connectivity index (χ0n) is 8.87. The summed E-state index contributed by atoms with van der Waals surface area (Å²) in [6.07, 6.45) is 0. The first-order valence-corrected chi connectivity index (χ1v) is 6.03. The highest BCUT2D eigenvalue weighted by Crippen LogP contribution is 2.30. The molecular formula is C14H9Cl2N. The molecule has 1 N–H and O–H groups in total. The minimum absolute atomic E-state index is 0.727. The molecule has 3 heteroatoms. The van der Waals surface area contributed by atoms with E-state index in [-0.39, 0.29) is 0 Å². The van der Waals surface area contributed by atoms with E-state index in [1.807, 2.05) is 42.5 Å². The quantitative estimate of drug-likeness (QED) is 0.624. The monoisotopic (exact) mass is 261 g/mol. The summed E-state index contributed by atoms with van der Waals surface area (Å²) in [6, 6.07) is 15.6.